The predicted molar refractivity (Wildman–Crippen MR) is 59.3 cm³/mol. The van der Waals surface area contributed by atoms with Crippen molar-refractivity contribution in [2.75, 3.05) is 4.72 Å². The zero-order chi connectivity index (χ0) is 12.8. The van der Waals surface area contributed by atoms with Crippen molar-refractivity contribution in [3.63, 3.8) is 0 Å². The van der Waals surface area contributed by atoms with E-state index in [0.717, 1.165) is 0 Å². The summed E-state index contributed by atoms with van der Waals surface area (Å²) in [5.74, 6) is 0. The first kappa shape index (κ1) is 12.4. The maximum atomic E-state index is 12.7. The molecule has 0 spiro atoms. The van der Waals surface area contributed by atoms with Crippen LogP contribution in [0.15, 0.2) is 27.1 Å². The molecule has 0 aromatic heterocycles. The molecule has 1 aromatic carbocycles. The Labute approximate surface area is 103 Å². The third kappa shape index (κ3) is 2.29. The number of alkyl halides is 3. The van der Waals surface area contributed by atoms with Crippen LogP contribution in [0, 0.1) is 0 Å². The number of anilines is 1. The first-order chi connectivity index (χ1) is 7.71. The Balaban J connectivity index is 2.78. The maximum absolute atomic E-state index is 12.7. The molecule has 4 nitrogen and oxygen atoms in total. The minimum atomic E-state index is -4.84. The predicted octanol–water partition coefficient (Wildman–Crippen LogP) is 2.47. The molecule has 0 saturated carbocycles. The summed E-state index contributed by atoms with van der Waals surface area (Å²) < 4.78 is 65.2. The van der Waals surface area contributed by atoms with Gasteiger partial charge in [0.1, 0.15) is 0 Å². The minimum Gasteiger partial charge on any atom is -0.264 e. The molecular formula is C8H4BrF3N2O2S. The van der Waals surface area contributed by atoms with Crippen molar-refractivity contribution in [3.8, 4) is 0 Å². The van der Waals surface area contributed by atoms with Gasteiger partial charge >= 0.3 is 16.4 Å². The Morgan fingerprint density at radius 3 is 2.53 bits per heavy atom. The summed E-state index contributed by atoms with van der Waals surface area (Å²) in [6, 6.07) is 4.03. The van der Waals surface area contributed by atoms with Crippen molar-refractivity contribution in [1.82, 2.24) is 0 Å². The first-order valence-electron chi connectivity index (χ1n) is 4.19. The lowest BCUT2D eigenvalue weighted by Crippen LogP contribution is -2.31. The van der Waals surface area contributed by atoms with Crippen molar-refractivity contribution < 1.29 is 21.6 Å². The van der Waals surface area contributed by atoms with Gasteiger partial charge in [-0.15, -0.1) is 4.40 Å². The summed E-state index contributed by atoms with van der Waals surface area (Å²) in [6.45, 7) is 0. The zero-order valence-electron chi connectivity index (χ0n) is 7.92. The second-order valence-electron chi connectivity index (χ2n) is 3.18. The van der Waals surface area contributed by atoms with Crippen molar-refractivity contribution in [1.29, 1.82) is 0 Å². The van der Waals surface area contributed by atoms with Crippen molar-refractivity contribution in [3.05, 3.63) is 28.2 Å². The van der Waals surface area contributed by atoms with Gasteiger partial charge in [-0.05, 0) is 12.1 Å². The van der Waals surface area contributed by atoms with Crippen LogP contribution in [-0.4, -0.2) is 20.3 Å². The molecule has 2 rings (SSSR count). The third-order valence-corrected chi connectivity index (χ3v) is 3.53. The number of nitrogens with zero attached hydrogens (tertiary/aromatic N) is 1. The SMILES string of the molecule is O=S1(=O)N=C(C(F)(F)F)c2c(Br)cccc2N1. The largest absolute Gasteiger partial charge is 0.434 e. The first-order valence-corrected chi connectivity index (χ1v) is 6.43. The molecule has 0 fully saturated rings. The Morgan fingerprint density at radius 1 is 1.29 bits per heavy atom. The van der Waals surface area contributed by atoms with E-state index in [4.69, 9.17) is 0 Å². The van der Waals surface area contributed by atoms with Crippen LogP contribution in [0.5, 0.6) is 0 Å². The van der Waals surface area contributed by atoms with Gasteiger partial charge in [0.25, 0.3) is 0 Å². The molecule has 1 aliphatic rings. The summed E-state index contributed by atoms with van der Waals surface area (Å²) in [4.78, 5) is 0. The Bertz CT molecular complexity index is 610. The van der Waals surface area contributed by atoms with E-state index in [-0.39, 0.29) is 15.7 Å². The molecule has 0 radical (unpaired) electrons. The van der Waals surface area contributed by atoms with E-state index in [0.29, 0.717) is 0 Å². The number of rotatable bonds is 0. The van der Waals surface area contributed by atoms with Crippen molar-refractivity contribution >= 4 is 37.5 Å². The topological polar surface area (TPSA) is 58.5 Å². The van der Waals surface area contributed by atoms with E-state index in [2.05, 4.69) is 20.3 Å². The van der Waals surface area contributed by atoms with Crippen molar-refractivity contribution in [2.24, 2.45) is 4.40 Å². The van der Waals surface area contributed by atoms with Crippen LogP contribution >= 0.6 is 15.9 Å². The van der Waals surface area contributed by atoms with E-state index in [1.165, 1.54) is 18.2 Å². The highest BCUT2D eigenvalue weighted by Crippen LogP contribution is 2.35. The number of fused-ring (bicyclic) bond motifs is 1. The van der Waals surface area contributed by atoms with E-state index >= 15 is 0 Å². The lowest BCUT2D eigenvalue weighted by atomic mass is 10.1. The molecule has 92 valence electrons. The average molecular weight is 329 g/mol. The van der Waals surface area contributed by atoms with Gasteiger partial charge < -0.3 is 0 Å². The second-order valence-corrected chi connectivity index (χ2v) is 5.37. The van der Waals surface area contributed by atoms with Crippen LogP contribution in [0.4, 0.5) is 18.9 Å². The number of hydrogen-bond acceptors (Lipinski definition) is 2. The lowest BCUT2D eigenvalue weighted by Gasteiger charge is -2.20. The normalized spacial score (nSPS) is 18.0. The fourth-order valence-corrected chi connectivity index (χ4v) is 2.85. The van der Waals surface area contributed by atoms with E-state index < -0.39 is 22.1 Å². The van der Waals surface area contributed by atoms with Gasteiger partial charge in [0, 0.05) is 10.0 Å². The maximum Gasteiger partial charge on any atom is 0.434 e. The minimum absolute atomic E-state index is 0.119. The van der Waals surface area contributed by atoms with Gasteiger partial charge in [0.2, 0.25) is 0 Å². The fraction of sp³-hybridized carbons (Fsp3) is 0.125. The van der Waals surface area contributed by atoms with Gasteiger partial charge in [0.15, 0.2) is 5.71 Å². The summed E-state index contributed by atoms with van der Waals surface area (Å²) in [5, 5.41) is 0. The Morgan fingerprint density at radius 2 is 1.94 bits per heavy atom. The van der Waals surface area contributed by atoms with Crippen LogP contribution < -0.4 is 4.72 Å². The monoisotopic (exact) mass is 328 g/mol. The summed E-state index contributed by atoms with van der Waals surface area (Å²) in [6.07, 6.45) is -4.84. The molecule has 1 aliphatic heterocycles. The quantitative estimate of drug-likeness (QED) is 0.795. The highest BCUT2D eigenvalue weighted by molar-refractivity contribution is 9.10. The van der Waals surface area contributed by atoms with E-state index in [9.17, 15) is 21.6 Å². The van der Waals surface area contributed by atoms with Gasteiger partial charge in [0.05, 0.1) is 5.69 Å². The molecule has 17 heavy (non-hydrogen) atoms. The number of benzene rings is 1. The average Bonchev–Trinajstić information content (AvgIpc) is 2.13. The van der Waals surface area contributed by atoms with Crippen LogP contribution in [0.25, 0.3) is 0 Å². The Kier molecular flexibility index (Phi) is 2.69. The molecule has 9 heteroatoms. The molecule has 0 bridgehead atoms. The van der Waals surface area contributed by atoms with Gasteiger partial charge in [-0.3, -0.25) is 4.72 Å². The number of halogens is 4. The van der Waals surface area contributed by atoms with Gasteiger partial charge in [-0.25, -0.2) is 0 Å². The summed E-state index contributed by atoms with van der Waals surface area (Å²) in [5.41, 5.74) is -1.89. The highest BCUT2D eigenvalue weighted by atomic mass is 79.9. The molecule has 0 unspecified atom stereocenters. The van der Waals surface area contributed by atoms with Crippen LogP contribution in [-0.2, 0) is 10.2 Å². The molecule has 1 heterocycles. The van der Waals surface area contributed by atoms with Gasteiger partial charge in [-0.1, -0.05) is 22.0 Å². The van der Waals surface area contributed by atoms with Crippen LogP contribution in [0.1, 0.15) is 5.56 Å². The smallest absolute Gasteiger partial charge is 0.264 e. The molecule has 1 N–H and O–H groups in total. The van der Waals surface area contributed by atoms with Crippen LogP contribution in [0.3, 0.4) is 0 Å². The summed E-state index contributed by atoms with van der Waals surface area (Å²) >= 11 is 2.94. The molecular weight excluding hydrogens is 325 g/mol. The standard InChI is InChI=1S/C8H4BrF3N2O2S/c9-4-2-1-3-5-6(4)7(8(10,11)12)14-17(15,16)13-5/h1-3,13H. The van der Waals surface area contributed by atoms with Crippen molar-refractivity contribution in [2.45, 2.75) is 6.18 Å². The molecule has 0 atom stereocenters. The van der Waals surface area contributed by atoms with E-state index in [1.54, 1.807) is 0 Å². The highest BCUT2D eigenvalue weighted by Gasteiger charge is 2.43. The molecule has 0 saturated heterocycles. The van der Waals surface area contributed by atoms with Crippen LogP contribution in [0.2, 0.25) is 0 Å². The number of hydrogen-bond donors (Lipinski definition) is 1. The van der Waals surface area contributed by atoms with Gasteiger partial charge in [-0.2, -0.15) is 21.6 Å². The zero-order valence-corrected chi connectivity index (χ0v) is 10.3. The number of nitrogens with one attached hydrogen (secondary N) is 1. The lowest BCUT2D eigenvalue weighted by molar-refractivity contribution is -0.0579. The molecule has 0 amide bonds. The fourth-order valence-electron chi connectivity index (χ4n) is 1.37. The third-order valence-electron chi connectivity index (χ3n) is 1.97. The Hall–Kier alpha value is -1.09. The summed E-state index contributed by atoms with van der Waals surface area (Å²) in [7, 11) is -4.35. The molecule has 0 aliphatic carbocycles. The van der Waals surface area contributed by atoms with E-state index in [1.807, 2.05) is 4.72 Å². The molecule has 1 aromatic rings. The second kappa shape index (κ2) is 3.70.